The highest BCUT2D eigenvalue weighted by molar-refractivity contribution is 6.20. The van der Waals surface area contributed by atoms with Crippen molar-refractivity contribution in [2.75, 3.05) is 7.11 Å². The lowest BCUT2D eigenvalue weighted by Crippen LogP contribution is -2.31. The maximum atomic E-state index is 12.5. The lowest BCUT2D eigenvalue weighted by atomic mass is 9.81. The van der Waals surface area contributed by atoms with Crippen LogP contribution in [0.1, 0.15) is 112 Å². The number of hydrogen-bond donors (Lipinski definition) is 1. The number of ether oxygens (including phenoxy) is 1. The predicted octanol–water partition coefficient (Wildman–Crippen LogP) is 8.06. The Labute approximate surface area is 327 Å². The van der Waals surface area contributed by atoms with Crippen LogP contribution < -0.4 is 0 Å². The monoisotopic (exact) mass is 756 g/mol. The lowest BCUT2D eigenvalue weighted by Gasteiger charge is -2.20. The van der Waals surface area contributed by atoms with E-state index in [1.165, 1.54) is 12.7 Å². The molecule has 5 aliphatic heterocycles. The van der Waals surface area contributed by atoms with Crippen LogP contribution in [0.15, 0.2) is 106 Å². The van der Waals surface area contributed by atoms with Crippen molar-refractivity contribution in [3.05, 3.63) is 90.7 Å². The van der Waals surface area contributed by atoms with E-state index >= 15 is 0 Å². The Morgan fingerprint density at radius 2 is 1.59 bits per heavy atom. The summed E-state index contributed by atoms with van der Waals surface area (Å²) in [4.78, 5) is 69.8. The molecule has 2 atom stereocenters. The highest BCUT2D eigenvalue weighted by atomic mass is 16.7. The fourth-order valence-corrected chi connectivity index (χ4v) is 8.86. The Bertz CT molecular complexity index is 2290. The normalized spacial score (nSPS) is 23.0. The number of fused-ring (bicyclic) bond motifs is 5. The topological polar surface area (TPSA) is 147 Å². The molecule has 0 saturated carbocycles. The lowest BCUT2D eigenvalue weighted by molar-refractivity contribution is -0.197. The number of unbranched alkanes of at least 4 members (excludes halogenated alkanes) is 1. The summed E-state index contributed by atoms with van der Waals surface area (Å²) in [6.07, 6.45) is 8.28. The van der Waals surface area contributed by atoms with E-state index < -0.39 is 17.8 Å². The number of hydrogen-bond acceptors (Lipinski definition) is 10. The number of carbonyl (C=O) groups is 4. The van der Waals surface area contributed by atoms with E-state index in [1.807, 2.05) is 0 Å². The van der Waals surface area contributed by atoms with Crippen molar-refractivity contribution < 1.29 is 33.9 Å². The van der Waals surface area contributed by atoms with Gasteiger partial charge in [0.1, 0.15) is 5.76 Å². The zero-order valence-corrected chi connectivity index (χ0v) is 33.3. The molecular weight excluding hydrogens is 709 g/mol. The fourth-order valence-electron chi connectivity index (χ4n) is 8.86. The van der Waals surface area contributed by atoms with E-state index in [4.69, 9.17) is 24.6 Å². The second-order valence-corrected chi connectivity index (χ2v) is 15.2. The number of amides is 2. The van der Waals surface area contributed by atoms with E-state index in [0.29, 0.717) is 48.5 Å². The molecule has 2 amide bonds. The van der Waals surface area contributed by atoms with Crippen LogP contribution in [-0.4, -0.2) is 58.2 Å². The number of aliphatic imine (C=N–C) groups is 3. The zero-order chi connectivity index (χ0) is 40.0. The zero-order valence-electron chi connectivity index (χ0n) is 33.3. The summed E-state index contributed by atoms with van der Waals surface area (Å²) in [5.41, 5.74) is 15.2. The van der Waals surface area contributed by atoms with Crippen molar-refractivity contribution in [1.82, 2.24) is 5.06 Å². The number of nitrogens with zero attached hydrogens (tertiary/aromatic N) is 4. The maximum absolute atomic E-state index is 12.5. The van der Waals surface area contributed by atoms with Gasteiger partial charge in [-0.1, -0.05) is 32.6 Å². The molecule has 56 heavy (non-hydrogen) atoms. The van der Waals surface area contributed by atoms with Gasteiger partial charge in [0.2, 0.25) is 0 Å². The quantitative estimate of drug-likeness (QED) is 0.108. The van der Waals surface area contributed by atoms with E-state index in [-0.39, 0.29) is 43.5 Å². The third-order valence-electron chi connectivity index (χ3n) is 12.0. The second kappa shape index (κ2) is 15.5. The molecule has 1 N–H and O–H groups in total. The van der Waals surface area contributed by atoms with Crippen molar-refractivity contribution in [2.45, 2.75) is 112 Å². The summed E-state index contributed by atoms with van der Waals surface area (Å²) in [5, 5.41) is 12.1. The SMILES string of the molecule is CCC1=C(C)C2=NC1=CC1=C(C)C3=C(O)CC(=C3C1)C1=NC(=C(C#CCCCC(=O)ON3C(=O)CCC3=O)C3=NC(=C2)C(CC)=C3C)[C@@H](C)[C@@H]1CCC(=O)OC. The van der Waals surface area contributed by atoms with E-state index in [1.54, 1.807) is 0 Å². The average Bonchev–Trinajstić information content (AvgIpc) is 3.99. The molecule has 1 fully saturated rings. The van der Waals surface area contributed by atoms with Crippen LogP contribution in [0, 0.1) is 23.7 Å². The molecule has 0 unspecified atom stereocenters. The summed E-state index contributed by atoms with van der Waals surface area (Å²) < 4.78 is 5.06. The van der Waals surface area contributed by atoms with Crippen LogP contribution in [-0.2, 0) is 28.8 Å². The standard InChI is InChI=1S/C45H48N4O7/c1-8-28-24(4)34-22-36-29(9-2)25(5)43(47-36)31(13-11-10-12-14-41(54)56-49-38(51)16-17-39(49)52)44-26(6)30(15-18-40(53)55-7)45(48-44)33-21-37(50)42-23(3)27(19-32(33)42)20-35(28)46-34/h20,22,26,30,50H,8-10,12,14-19,21H2,1-7H3/t26-,30-/m0/s1. The minimum Gasteiger partial charge on any atom is -0.511 e. The Kier molecular flexibility index (Phi) is 10.7. The highest BCUT2D eigenvalue weighted by Gasteiger charge is 2.42. The molecular formula is C45H48N4O7. The van der Waals surface area contributed by atoms with E-state index in [0.717, 1.165) is 91.7 Å². The van der Waals surface area contributed by atoms with Gasteiger partial charge in [0.15, 0.2) is 0 Å². The first-order valence-electron chi connectivity index (χ1n) is 19.7. The second-order valence-electron chi connectivity index (χ2n) is 15.2. The Balaban J connectivity index is 1.35. The molecule has 5 heterocycles. The average molecular weight is 757 g/mol. The molecule has 11 heteroatoms. The fraction of sp³-hybridized carbons (Fsp3) is 0.444. The number of rotatable bonds is 9. The van der Waals surface area contributed by atoms with Crippen molar-refractivity contribution in [3.63, 3.8) is 0 Å². The van der Waals surface area contributed by atoms with Crippen molar-refractivity contribution >= 4 is 40.9 Å². The van der Waals surface area contributed by atoms with Crippen LogP contribution in [0.5, 0.6) is 0 Å². The van der Waals surface area contributed by atoms with Gasteiger partial charge >= 0.3 is 11.9 Å². The first kappa shape index (κ1) is 38.6. The third-order valence-corrected chi connectivity index (χ3v) is 12.0. The highest BCUT2D eigenvalue weighted by Crippen LogP contribution is 2.51. The Morgan fingerprint density at radius 1 is 0.893 bits per heavy atom. The summed E-state index contributed by atoms with van der Waals surface area (Å²) >= 11 is 0. The summed E-state index contributed by atoms with van der Waals surface area (Å²) in [6, 6.07) is 0. The van der Waals surface area contributed by atoms with Crippen LogP contribution in [0.2, 0.25) is 0 Å². The number of aliphatic hydroxyl groups is 1. The predicted molar refractivity (Wildman–Crippen MR) is 213 cm³/mol. The smallest absolute Gasteiger partial charge is 0.333 e. The molecule has 2 aliphatic carbocycles. The molecule has 0 aromatic rings. The van der Waals surface area contributed by atoms with Crippen molar-refractivity contribution in [3.8, 4) is 11.8 Å². The van der Waals surface area contributed by atoms with Crippen LogP contribution >= 0.6 is 0 Å². The number of methoxy groups -OCH3 is 1. The number of imide groups is 1. The molecule has 0 aromatic carbocycles. The van der Waals surface area contributed by atoms with E-state index in [9.17, 15) is 24.3 Å². The first-order valence-corrected chi connectivity index (χ1v) is 19.7. The summed E-state index contributed by atoms with van der Waals surface area (Å²) in [6.45, 7) is 12.6. The number of aliphatic hydroxyl groups excluding tert-OH is 1. The summed E-state index contributed by atoms with van der Waals surface area (Å²) in [7, 11) is 1.40. The molecule has 290 valence electrons. The Morgan fingerprint density at radius 3 is 2.29 bits per heavy atom. The summed E-state index contributed by atoms with van der Waals surface area (Å²) in [5.74, 6) is 4.74. The number of hydroxylamine groups is 2. The van der Waals surface area contributed by atoms with Crippen LogP contribution in [0.4, 0.5) is 0 Å². The number of esters is 1. The molecule has 0 spiro atoms. The number of allylic oxidation sites excluding steroid dienone is 13. The molecule has 7 rings (SSSR count). The third kappa shape index (κ3) is 6.80. The van der Waals surface area contributed by atoms with Crippen molar-refractivity contribution in [1.29, 1.82) is 0 Å². The van der Waals surface area contributed by atoms with Gasteiger partial charge < -0.3 is 14.7 Å². The van der Waals surface area contributed by atoms with Crippen molar-refractivity contribution in [2.24, 2.45) is 26.8 Å². The van der Waals surface area contributed by atoms with Gasteiger partial charge in [0.05, 0.1) is 41.2 Å². The van der Waals surface area contributed by atoms with Gasteiger partial charge in [-0.15, -0.1) is 5.06 Å². The van der Waals surface area contributed by atoms with Crippen LogP contribution in [0.3, 0.4) is 0 Å². The van der Waals surface area contributed by atoms with Gasteiger partial charge in [-0.2, -0.15) is 0 Å². The number of carbonyl (C=O) groups excluding carboxylic acids is 4. The van der Waals surface area contributed by atoms with Gasteiger partial charge in [-0.05, 0) is 110 Å². The molecule has 7 aliphatic rings. The molecule has 0 radical (unpaired) electrons. The molecule has 0 aromatic heterocycles. The van der Waals surface area contributed by atoms with Crippen LogP contribution in [0.25, 0.3) is 0 Å². The minimum absolute atomic E-state index is 0.0188. The first-order chi connectivity index (χ1) is 26.9. The molecule has 1 saturated heterocycles. The van der Waals surface area contributed by atoms with Gasteiger partial charge in [0.25, 0.3) is 11.8 Å². The molecule has 8 bridgehead atoms. The minimum atomic E-state index is -0.666. The Hall–Kier alpha value is -5.63. The van der Waals surface area contributed by atoms with Gasteiger partial charge in [-0.25, -0.2) is 14.8 Å². The molecule has 11 nitrogen and oxygen atoms in total. The largest absolute Gasteiger partial charge is 0.511 e. The van der Waals surface area contributed by atoms with Gasteiger partial charge in [-0.3, -0.25) is 19.4 Å². The maximum Gasteiger partial charge on any atom is 0.333 e. The van der Waals surface area contributed by atoms with Gasteiger partial charge in [0, 0.05) is 61.6 Å². The van der Waals surface area contributed by atoms with E-state index in [2.05, 4.69) is 65.5 Å².